The highest BCUT2D eigenvalue weighted by atomic mass is 16.4. The zero-order valence-electron chi connectivity index (χ0n) is 16.3. The lowest BCUT2D eigenvalue weighted by Crippen LogP contribution is -2.61. The molecule has 4 unspecified atom stereocenters. The van der Waals surface area contributed by atoms with Crippen LogP contribution >= 0.6 is 0 Å². The van der Waals surface area contributed by atoms with Gasteiger partial charge in [0.05, 0.1) is 17.2 Å². The maximum absolute atomic E-state index is 13.2. The van der Waals surface area contributed by atoms with Gasteiger partial charge in [0.1, 0.15) is 22.8 Å². The lowest BCUT2D eigenvalue weighted by molar-refractivity contribution is -0.152. The molecule has 0 spiro atoms. The van der Waals surface area contributed by atoms with Crippen LogP contribution < -0.4 is 0 Å². The fourth-order valence-corrected chi connectivity index (χ4v) is 4.98. The summed E-state index contributed by atoms with van der Waals surface area (Å²) in [5.74, 6) is -7.53. The average molecular weight is 412 g/mol. The van der Waals surface area contributed by atoms with E-state index in [0.717, 1.165) is 6.92 Å². The number of aliphatic hydroxyl groups excluding tert-OH is 3. The number of Topliss-reactive ketones (excluding diaryl/α,β-unsaturated/α-hetero) is 3. The smallest absolute Gasteiger partial charge is 0.209 e. The van der Waals surface area contributed by atoms with E-state index in [1.807, 2.05) is 0 Å². The van der Waals surface area contributed by atoms with E-state index in [9.17, 15) is 39.9 Å². The molecule has 3 aliphatic rings. The van der Waals surface area contributed by atoms with E-state index in [2.05, 4.69) is 6.58 Å². The Morgan fingerprint density at radius 2 is 1.80 bits per heavy atom. The van der Waals surface area contributed by atoms with Gasteiger partial charge in [0.25, 0.3) is 0 Å². The van der Waals surface area contributed by atoms with Crippen molar-refractivity contribution in [2.24, 2.45) is 11.8 Å². The fourth-order valence-electron chi connectivity index (χ4n) is 4.98. The third-order valence-electron chi connectivity index (χ3n) is 6.40. The Hall–Kier alpha value is -3.23. The highest BCUT2D eigenvalue weighted by Crippen LogP contribution is 2.54. The van der Waals surface area contributed by atoms with Gasteiger partial charge in [0.15, 0.2) is 17.2 Å². The maximum Gasteiger partial charge on any atom is 0.209 e. The minimum absolute atomic E-state index is 0.152. The zero-order valence-corrected chi connectivity index (χ0v) is 16.3. The van der Waals surface area contributed by atoms with E-state index < -0.39 is 70.0 Å². The number of rotatable bonds is 1. The van der Waals surface area contributed by atoms with Crippen LogP contribution in [0.25, 0.3) is 5.57 Å². The number of ketones is 3. The first-order valence-corrected chi connectivity index (χ1v) is 9.32. The quantitative estimate of drug-likeness (QED) is 0.434. The van der Waals surface area contributed by atoms with Crippen molar-refractivity contribution in [3.8, 4) is 5.75 Å². The molecule has 0 saturated carbocycles. The largest absolute Gasteiger partial charge is 0.511 e. The summed E-state index contributed by atoms with van der Waals surface area (Å²) in [4.78, 5) is 38.0. The number of phenols is 1. The molecule has 1 aromatic rings. The number of aryl methyl sites for hydroxylation is 1. The van der Waals surface area contributed by atoms with Gasteiger partial charge in [-0.05, 0) is 36.6 Å². The molecule has 0 aromatic heterocycles. The lowest BCUT2D eigenvalue weighted by Gasteiger charge is -2.49. The molecule has 156 valence electrons. The SMILES string of the molecule is C=C1c2c(C)ccc(O)c2C(=O)C2=C(O)C3(O)C(=O)C(C(C)=O)=C(O)CC3C(O)C12. The number of allylic oxidation sites excluding steroid dienone is 1. The molecule has 0 aliphatic heterocycles. The fraction of sp³-hybridized carbons (Fsp3) is 0.318. The van der Waals surface area contributed by atoms with Crippen LogP contribution in [0.15, 0.2) is 41.4 Å². The molecule has 4 atom stereocenters. The first-order valence-electron chi connectivity index (χ1n) is 9.32. The average Bonchev–Trinajstić information content (AvgIpc) is 2.66. The number of hydrogen-bond acceptors (Lipinski definition) is 8. The van der Waals surface area contributed by atoms with E-state index >= 15 is 0 Å². The Bertz CT molecular complexity index is 1140. The summed E-state index contributed by atoms with van der Waals surface area (Å²) in [7, 11) is 0. The standard InChI is InChI=1S/C22H20O8/c1-7-4-5-11(24)16-13(7)8(2)14-17(19(16)27)21(29)22(30)10(18(14)26)6-12(25)15(9(3)23)20(22)28/h4-5,10,14,18,24-26,29-30H,2,6H2,1,3H3. The van der Waals surface area contributed by atoms with Crippen LogP contribution in [0.3, 0.4) is 0 Å². The predicted molar refractivity (Wildman–Crippen MR) is 104 cm³/mol. The molecule has 0 amide bonds. The van der Waals surface area contributed by atoms with Gasteiger partial charge < -0.3 is 25.5 Å². The van der Waals surface area contributed by atoms with Crippen molar-refractivity contribution in [1.82, 2.24) is 0 Å². The predicted octanol–water partition coefficient (Wildman–Crippen LogP) is 1.43. The summed E-state index contributed by atoms with van der Waals surface area (Å²) in [5, 5.41) is 53.7. The first-order chi connectivity index (χ1) is 13.9. The van der Waals surface area contributed by atoms with Gasteiger partial charge >= 0.3 is 0 Å². The van der Waals surface area contributed by atoms with Crippen molar-refractivity contribution in [3.05, 3.63) is 58.1 Å². The molecular formula is C22H20O8. The van der Waals surface area contributed by atoms with Gasteiger partial charge in [-0.2, -0.15) is 0 Å². The Balaban J connectivity index is 2.03. The summed E-state index contributed by atoms with van der Waals surface area (Å²) in [6, 6.07) is 2.87. The molecule has 3 aliphatic carbocycles. The third-order valence-corrected chi connectivity index (χ3v) is 6.40. The molecular weight excluding hydrogens is 392 g/mol. The summed E-state index contributed by atoms with van der Waals surface area (Å²) < 4.78 is 0. The van der Waals surface area contributed by atoms with Crippen LogP contribution in [-0.4, -0.2) is 54.6 Å². The van der Waals surface area contributed by atoms with Crippen molar-refractivity contribution < 1.29 is 39.9 Å². The van der Waals surface area contributed by atoms with Crippen LogP contribution in [0.5, 0.6) is 5.75 Å². The second kappa shape index (κ2) is 6.13. The van der Waals surface area contributed by atoms with E-state index in [0.29, 0.717) is 11.1 Å². The molecule has 0 radical (unpaired) electrons. The van der Waals surface area contributed by atoms with Crippen LogP contribution in [0.4, 0.5) is 0 Å². The molecule has 8 nitrogen and oxygen atoms in total. The molecule has 0 saturated heterocycles. The van der Waals surface area contributed by atoms with Crippen molar-refractivity contribution in [1.29, 1.82) is 0 Å². The lowest BCUT2D eigenvalue weighted by atomic mass is 9.57. The number of carbonyl (C=O) groups excluding carboxylic acids is 3. The van der Waals surface area contributed by atoms with Crippen LogP contribution in [0.2, 0.25) is 0 Å². The van der Waals surface area contributed by atoms with Crippen molar-refractivity contribution in [2.45, 2.75) is 32.0 Å². The number of hydrogen-bond donors (Lipinski definition) is 5. The van der Waals surface area contributed by atoms with Gasteiger partial charge in [-0.3, -0.25) is 14.4 Å². The molecule has 4 rings (SSSR count). The summed E-state index contributed by atoms with van der Waals surface area (Å²) in [6.45, 7) is 6.65. The van der Waals surface area contributed by atoms with E-state index in [1.54, 1.807) is 13.0 Å². The number of aliphatic hydroxyl groups is 4. The molecule has 1 aromatic carbocycles. The number of phenolic OH excluding ortho intramolecular Hbond substituents is 1. The van der Waals surface area contributed by atoms with Gasteiger partial charge in [0, 0.05) is 18.3 Å². The second-order valence-electron chi connectivity index (χ2n) is 8.02. The van der Waals surface area contributed by atoms with Crippen molar-refractivity contribution >= 4 is 22.9 Å². The molecule has 0 fully saturated rings. The molecule has 30 heavy (non-hydrogen) atoms. The zero-order chi connectivity index (χ0) is 22.3. The molecule has 0 heterocycles. The molecule has 0 bridgehead atoms. The van der Waals surface area contributed by atoms with Crippen LogP contribution in [-0.2, 0) is 9.59 Å². The number of benzene rings is 1. The van der Waals surface area contributed by atoms with Gasteiger partial charge in [-0.15, -0.1) is 0 Å². The Labute approximate surface area is 171 Å². The maximum atomic E-state index is 13.2. The Morgan fingerprint density at radius 1 is 1.17 bits per heavy atom. The Kier molecular flexibility index (Phi) is 4.10. The minimum Gasteiger partial charge on any atom is -0.511 e. The summed E-state index contributed by atoms with van der Waals surface area (Å²) in [6.07, 6.45) is -2.04. The first kappa shape index (κ1) is 20.1. The van der Waals surface area contributed by atoms with Gasteiger partial charge in [0.2, 0.25) is 5.78 Å². The van der Waals surface area contributed by atoms with Gasteiger partial charge in [-0.25, -0.2) is 0 Å². The molecule has 5 N–H and O–H groups in total. The summed E-state index contributed by atoms with van der Waals surface area (Å²) in [5.41, 5.74) is -2.93. The number of aromatic hydroxyl groups is 1. The normalized spacial score (nSPS) is 30.8. The van der Waals surface area contributed by atoms with Gasteiger partial charge in [-0.1, -0.05) is 12.6 Å². The van der Waals surface area contributed by atoms with E-state index in [4.69, 9.17) is 0 Å². The number of fused-ring (bicyclic) bond motifs is 3. The highest BCUT2D eigenvalue weighted by Gasteiger charge is 2.63. The summed E-state index contributed by atoms with van der Waals surface area (Å²) >= 11 is 0. The topological polar surface area (TPSA) is 152 Å². The monoisotopic (exact) mass is 412 g/mol. The Morgan fingerprint density at radius 3 is 2.40 bits per heavy atom. The van der Waals surface area contributed by atoms with Crippen LogP contribution in [0, 0.1) is 18.8 Å². The second-order valence-corrected chi connectivity index (χ2v) is 8.02. The highest BCUT2D eigenvalue weighted by molar-refractivity contribution is 6.25. The molecule has 8 heteroatoms. The van der Waals surface area contributed by atoms with Crippen molar-refractivity contribution in [3.63, 3.8) is 0 Å². The van der Waals surface area contributed by atoms with E-state index in [1.165, 1.54) is 6.07 Å². The van der Waals surface area contributed by atoms with Crippen LogP contribution in [0.1, 0.15) is 34.8 Å². The third kappa shape index (κ3) is 2.20. The van der Waals surface area contributed by atoms with E-state index in [-0.39, 0.29) is 16.9 Å². The number of carbonyl (C=O) groups is 3. The van der Waals surface area contributed by atoms with Crippen molar-refractivity contribution in [2.75, 3.05) is 0 Å². The minimum atomic E-state index is -2.77.